The Kier molecular flexibility index (Phi) is 2.55. The number of fused-ring (bicyclic) bond motifs is 6. The Morgan fingerprint density at radius 1 is 1.04 bits per heavy atom. The molecule has 0 saturated carbocycles. The van der Waals surface area contributed by atoms with Crippen molar-refractivity contribution in [2.45, 2.75) is 25.4 Å². The summed E-state index contributed by atoms with van der Waals surface area (Å²) in [5, 5.41) is 4.78. The maximum absolute atomic E-state index is 12.5. The second-order valence-corrected chi connectivity index (χ2v) is 6.50. The third-order valence-electron chi connectivity index (χ3n) is 5.02. The van der Waals surface area contributed by atoms with E-state index in [0.717, 1.165) is 29.1 Å². The van der Waals surface area contributed by atoms with Crippen molar-refractivity contribution < 1.29 is 4.79 Å². The van der Waals surface area contributed by atoms with Crippen molar-refractivity contribution in [1.29, 1.82) is 0 Å². The number of anilines is 1. The predicted molar refractivity (Wildman–Crippen MR) is 91.3 cm³/mol. The lowest BCUT2D eigenvalue weighted by molar-refractivity contribution is -0.117. The van der Waals surface area contributed by atoms with Crippen molar-refractivity contribution >= 4 is 11.6 Å². The van der Waals surface area contributed by atoms with Crippen LogP contribution in [-0.4, -0.2) is 20.7 Å². The average Bonchev–Trinajstić information content (AvgIpc) is 3.19. The van der Waals surface area contributed by atoms with E-state index < -0.39 is 5.66 Å². The molecular formula is C19H16N4O. The van der Waals surface area contributed by atoms with Gasteiger partial charge in [-0.3, -0.25) is 9.69 Å². The summed E-state index contributed by atoms with van der Waals surface area (Å²) in [5.41, 5.74) is 2.39. The molecule has 0 radical (unpaired) electrons. The number of para-hydroxylation sites is 1. The number of carbonyl (C=O) groups excluding carboxylic acids is 1. The summed E-state index contributed by atoms with van der Waals surface area (Å²) < 4.78 is 1.93. The van der Waals surface area contributed by atoms with Gasteiger partial charge in [-0.1, -0.05) is 42.5 Å². The van der Waals surface area contributed by atoms with Crippen LogP contribution in [0.1, 0.15) is 19.8 Å². The zero-order valence-electron chi connectivity index (χ0n) is 13.3. The lowest BCUT2D eigenvalue weighted by atomic mass is 10.0. The first-order valence-corrected chi connectivity index (χ1v) is 8.14. The quantitative estimate of drug-likeness (QED) is 0.691. The van der Waals surface area contributed by atoms with Crippen LogP contribution < -0.4 is 4.90 Å². The van der Waals surface area contributed by atoms with Crippen LogP contribution >= 0.6 is 0 Å². The van der Waals surface area contributed by atoms with Gasteiger partial charge in [0.1, 0.15) is 5.66 Å². The molecule has 24 heavy (non-hydrogen) atoms. The standard InChI is InChI=1S/C19H16N4O/c1-19-12-11-16(24)22(19)15-10-6-5-9-14(15)18-20-17(21-23(18)19)13-7-3-2-4-8-13/h2-10H,11-12H2,1H3/t19-/m0/s1. The van der Waals surface area contributed by atoms with E-state index in [1.54, 1.807) is 0 Å². The third kappa shape index (κ3) is 1.61. The van der Waals surface area contributed by atoms with Crippen LogP contribution in [0, 0.1) is 0 Å². The molecule has 1 saturated heterocycles. The minimum absolute atomic E-state index is 0.146. The fourth-order valence-corrected chi connectivity index (χ4v) is 3.82. The summed E-state index contributed by atoms with van der Waals surface area (Å²) in [6.07, 6.45) is 1.27. The lowest BCUT2D eigenvalue weighted by Gasteiger charge is -2.40. The van der Waals surface area contributed by atoms with Crippen molar-refractivity contribution in [3.8, 4) is 22.8 Å². The van der Waals surface area contributed by atoms with E-state index in [4.69, 9.17) is 10.1 Å². The van der Waals surface area contributed by atoms with E-state index in [1.807, 2.05) is 64.2 Å². The molecule has 5 rings (SSSR count). The smallest absolute Gasteiger partial charge is 0.229 e. The molecule has 1 atom stereocenters. The van der Waals surface area contributed by atoms with Gasteiger partial charge >= 0.3 is 0 Å². The van der Waals surface area contributed by atoms with Gasteiger partial charge in [-0.15, -0.1) is 5.10 Å². The average molecular weight is 316 g/mol. The highest BCUT2D eigenvalue weighted by atomic mass is 16.2. The Hall–Kier alpha value is -2.95. The molecule has 1 fully saturated rings. The molecule has 0 bridgehead atoms. The Balaban J connectivity index is 1.80. The minimum Gasteiger partial charge on any atom is -0.286 e. The molecule has 5 nitrogen and oxygen atoms in total. The highest BCUT2D eigenvalue weighted by molar-refractivity contribution is 6.01. The zero-order valence-corrected chi connectivity index (χ0v) is 13.3. The van der Waals surface area contributed by atoms with Crippen LogP contribution in [-0.2, 0) is 10.5 Å². The lowest BCUT2D eigenvalue weighted by Crippen LogP contribution is -2.49. The Morgan fingerprint density at radius 3 is 2.62 bits per heavy atom. The Morgan fingerprint density at radius 2 is 1.79 bits per heavy atom. The van der Waals surface area contributed by atoms with Gasteiger partial charge in [0, 0.05) is 24.0 Å². The molecule has 3 heterocycles. The number of nitrogens with zero attached hydrogens (tertiary/aromatic N) is 4. The zero-order chi connectivity index (χ0) is 16.3. The Labute approximate surface area is 139 Å². The number of hydrogen-bond donors (Lipinski definition) is 0. The molecule has 3 aromatic rings. The van der Waals surface area contributed by atoms with E-state index in [1.165, 1.54) is 0 Å². The highest BCUT2D eigenvalue weighted by Gasteiger charge is 2.50. The molecule has 118 valence electrons. The van der Waals surface area contributed by atoms with E-state index >= 15 is 0 Å². The maximum atomic E-state index is 12.5. The van der Waals surface area contributed by atoms with Gasteiger partial charge in [0.05, 0.1) is 5.69 Å². The van der Waals surface area contributed by atoms with Gasteiger partial charge in [0.2, 0.25) is 5.91 Å². The number of benzene rings is 2. The van der Waals surface area contributed by atoms with Gasteiger partial charge < -0.3 is 0 Å². The summed E-state index contributed by atoms with van der Waals surface area (Å²) in [4.78, 5) is 19.2. The molecule has 2 aliphatic heterocycles. The summed E-state index contributed by atoms with van der Waals surface area (Å²) in [5.74, 6) is 1.67. The van der Waals surface area contributed by atoms with Gasteiger partial charge in [-0.25, -0.2) is 9.67 Å². The largest absolute Gasteiger partial charge is 0.286 e. The highest BCUT2D eigenvalue weighted by Crippen LogP contribution is 2.48. The van der Waals surface area contributed by atoms with Gasteiger partial charge in [-0.05, 0) is 19.1 Å². The van der Waals surface area contributed by atoms with Crippen LogP contribution in [0.3, 0.4) is 0 Å². The maximum Gasteiger partial charge on any atom is 0.229 e. The number of carbonyl (C=O) groups is 1. The summed E-state index contributed by atoms with van der Waals surface area (Å²) in [6, 6.07) is 17.9. The topological polar surface area (TPSA) is 51.0 Å². The first-order chi connectivity index (χ1) is 11.7. The summed E-state index contributed by atoms with van der Waals surface area (Å²) >= 11 is 0. The molecule has 0 unspecified atom stereocenters. The normalized spacial score (nSPS) is 21.4. The fraction of sp³-hybridized carbons (Fsp3) is 0.211. The van der Waals surface area contributed by atoms with Gasteiger partial charge in [-0.2, -0.15) is 0 Å². The van der Waals surface area contributed by atoms with E-state index in [-0.39, 0.29) is 5.91 Å². The number of amides is 1. The SMILES string of the molecule is C[C@]12CCC(=O)N1c1ccccc1-c1nc(-c3ccccc3)nn12. The van der Waals surface area contributed by atoms with Crippen molar-refractivity contribution in [2.24, 2.45) is 0 Å². The molecule has 1 amide bonds. The molecule has 0 N–H and O–H groups in total. The Bertz CT molecular complexity index is 963. The van der Waals surface area contributed by atoms with E-state index in [2.05, 4.69) is 6.92 Å². The van der Waals surface area contributed by atoms with Crippen molar-refractivity contribution in [1.82, 2.24) is 14.8 Å². The number of aromatic nitrogens is 3. The molecule has 2 aromatic carbocycles. The van der Waals surface area contributed by atoms with E-state index in [0.29, 0.717) is 12.2 Å². The predicted octanol–water partition coefficient (Wildman–Crippen LogP) is 3.43. The van der Waals surface area contributed by atoms with Crippen LogP contribution in [0.2, 0.25) is 0 Å². The van der Waals surface area contributed by atoms with Crippen LogP contribution in [0.15, 0.2) is 54.6 Å². The minimum atomic E-state index is -0.485. The number of hydrogen-bond acceptors (Lipinski definition) is 3. The second kappa shape index (κ2) is 4.54. The van der Waals surface area contributed by atoms with Gasteiger partial charge in [0.25, 0.3) is 0 Å². The van der Waals surface area contributed by atoms with E-state index in [9.17, 15) is 4.79 Å². The molecular weight excluding hydrogens is 300 g/mol. The summed E-state index contributed by atoms with van der Waals surface area (Å²) in [6.45, 7) is 2.07. The van der Waals surface area contributed by atoms with Crippen LogP contribution in [0.5, 0.6) is 0 Å². The fourth-order valence-electron chi connectivity index (χ4n) is 3.82. The molecule has 0 spiro atoms. The van der Waals surface area contributed by atoms with Gasteiger partial charge in [0.15, 0.2) is 11.6 Å². The monoisotopic (exact) mass is 316 g/mol. The first kappa shape index (κ1) is 13.5. The third-order valence-corrected chi connectivity index (χ3v) is 5.02. The van der Waals surface area contributed by atoms with Crippen LogP contribution in [0.4, 0.5) is 5.69 Å². The number of rotatable bonds is 1. The van der Waals surface area contributed by atoms with Crippen molar-refractivity contribution in [2.75, 3.05) is 4.90 Å². The first-order valence-electron chi connectivity index (χ1n) is 8.14. The molecule has 5 heteroatoms. The van der Waals surface area contributed by atoms with Crippen molar-refractivity contribution in [3.63, 3.8) is 0 Å². The second-order valence-electron chi connectivity index (χ2n) is 6.50. The summed E-state index contributed by atoms with van der Waals surface area (Å²) in [7, 11) is 0. The molecule has 0 aliphatic carbocycles. The van der Waals surface area contributed by atoms with Crippen LogP contribution in [0.25, 0.3) is 22.8 Å². The molecule has 2 aliphatic rings. The molecule has 1 aromatic heterocycles. The van der Waals surface area contributed by atoms with Crippen molar-refractivity contribution in [3.05, 3.63) is 54.6 Å².